The zero-order valence-corrected chi connectivity index (χ0v) is 25.8. The zero-order valence-electron chi connectivity index (χ0n) is 25.8. The van der Waals surface area contributed by atoms with Crippen molar-refractivity contribution < 1.29 is 28.5 Å². The van der Waals surface area contributed by atoms with Crippen LogP contribution in [0.2, 0.25) is 0 Å². The van der Waals surface area contributed by atoms with Gasteiger partial charge in [-0.2, -0.15) is 0 Å². The second kappa shape index (κ2) is 11.8. The standard InChI is InChI=1S/C36H36N2O6/c1-19(2)27-17-43-33(37-27)31-25(35(39)41-5)15-21-11-7-9-13-23(21)29(31)30-24-14-10-8-12-22(24)16-26(36(40)42-6)32(30)34-38-28(18-44-34)20(3)4/h7-16,19-20,27-28H,17-18H2,1-6H3/t27-,28-/m1/s1. The number of ether oxygens (including phenoxy) is 4. The average molecular weight is 593 g/mol. The lowest BCUT2D eigenvalue weighted by molar-refractivity contribution is 0.0591. The van der Waals surface area contributed by atoms with Crippen molar-refractivity contribution in [2.75, 3.05) is 27.4 Å². The van der Waals surface area contributed by atoms with Crippen molar-refractivity contribution in [3.63, 3.8) is 0 Å². The van der Waals surface area contributed by atoms with Gasteiger partial charge in [0.25, 0.3) is 0 Å². The lowest BCUT2D eigenvalue weighted by Gasteiger charge is -2.22. The van der Waals surface area contributed by atoms with E-state index in [1.165, 1.54) is 14.2 Å². The first-order chi connectivity index (χ1) is 21.2. The fourth-order valence-corrected chi connectivity index (χ4v) is 5.94. The molecule has 0 aliphatic carbocycles. The first-order valence-corrected chi connectivity index (χ1v) is 14.9. The summed E-state index contributed by atoms with van der Waals surface area (Å²) < 4.78 is 23.2. The molecule has 0 saturated carbocycles. The van der Waals surface area contributed by atoms with Crippen molar-refractivity contribution >= 4 is 45.3 Å². The third-order valence-corrected chi connectivity index (χ3v) is 8.47. The third-order valence-electron chi connectivity index (χ3n) is 8.47. The predicted octanol–water partition coefficient (Wildman–Crippen LogP) is 6.84. The van der Waals surface area contributed by atoms with E-state index in [9.17, 15) is 9.59 Å². The fraction of sp³-hybridized carbons (Fsp3) is 0.333. The molecule has 4 aromatic rings. The molecular formula is C36H36N2O6. The highest BCUT2D eigenvalue weighted by molar-refractivity contribution is 6.24. The number of rotatable bonds is 7. The van der Waals surface area contributed by atoms with Gasteiger partial charge in [0.2, 0.25) is 11.8 Å². The Morgan fingerprint density at radius 3 is 1.39 bits per heavy atom. The monoisotopic (exact) mass is 592 g/mol. The number of benzene rings is 4. The quantitative estimate of drug-likeness (QED) is 0.218. The van der Waals surface area contributed by atoms with E-state index in [0.29, 0.717) is 58.4 Å². The first kappa shape index (κ1) is 29.4. The molecule has 0 spiro atoms. The van der Waals surface area contributed by atoms with E-state index in [4.69, 9.17) is 28.9 Å². The topological polar surface area (TPSA) is 95.8 Å². The van der Waals surface area contributed by atoms with Crippen molar-refractivity contribution in [3.05, 3.63) is 82.9 Å². The Morgan fingerprint density at radius 2 is 1.05 bits per heavy atom. The van der Waals surface area contributed by atoms with Crippen molar-refractivity contribution in [2.45, 2.75) is 39.8 Å². The molecule has 226 valence electrons. The summed E-state index contributed by atoms with van der Waals surface area (Å²) in [6, 6.07) is 19.1. The summed E-state index contributed by atoms with van der Waals surface area (Å²) in [6.07, 6.45) is 0. The highest BCUT2D eigenvalue weighted by atomic mass is 16.5. The first-order valence-electron chi connectivity index (χ1n) is 14.9. The molecule has 0 N–H and O–H groups in total. The number of esters is 2. The predicted molar refractivity (Wildman–Crippen MR) is 172 cm³/mol. The van der Waals surface area contributed by atoms with E-state index in [0.717, 1.165) is 21.5 Å². The maximum absolute atomic E-state index is 13.5. The summed E-state index contributed by atoms with van der Waals surface area (Å²) in [5.41, 5.74) is 3.01. The van der Waals surface area contributed by atoms with Crippen molar-refractivity contribution in [3.8, 4) is 11.1 Å². The SMILES string of the molecule is COC(=O)c1cc2ccccc2c(-c2c(C3=N[C@@H](C(C)C)CO3)c(C(=O)OC)cc3ccccc23)c1C1=N[C@@H](C(C)C)CO1. The van der Waals surface area contributed by atoms with Gasteiger partial charge in [0.15, 0.2) is 0 Å². The molecule has 8 heteroatoms. The van der Waals surface area contributed by atoms with Crippen LogP contribution in [0.15, 0.2) is 70.6 Å². The average Bonchev–Trinajstić information content (AvgIpc) is 3.73. The molecule has 0 amide bonds. The van der Waals surface area contributed by atoms with Crippen molar-refractivity contribution in [1.82, 2.24) is 0 Å². The Kier molecular flexibility index (Phi) is 7.84. The molecule has 2 heterocycles. The fourth-order valence-electron chi connectivity index (χ4n) is 5.94. The van der Waals surface area contributed by atoms with Gasteiger partial charge in [0.05, 0.1) is 48.6 Å². The number of carbonyl (C=O) groups excluding carboxylic acids is 2. The maximum Gasteiger partial charge on any atom is 0.338 e. The van der Waals surface area contributed by atoms with Gasteiger partial charge >= 0.3 is 11.9 Å². The largest absolute Gasteiger partial charge is 0.475 e. The number of fused-ring (bicyclic) bond motifs is 2. The summed E-state index contributed by atoms with van der Waals surface area (Å²) in [7, 11) is 2.72. The van der Waals surface area contributed by atoms with Crippen LogP contribution in [0.1, 0.15) is 59.5 Å². The molecule has 8 nitrogen and oxygen atoms in total. The van der Waals surface area contributed by atoms with E-state index in [-0.39, 0.29) is 23.9 Å². The van der Waals surface area contributed by atoms with Crippen LogP contribution in [0.5, 0.6) is 0 Å². The lowest BCUT2D eigenvalue weighted by atomic mass is 9.83. The zero-order chi connectivity index (χ0) is 31.1. The molecule has 2 atom stereocenters. The van der Waals surface area contributed by atoms with Gasteiger partial charge in [0.1, 0.15) is 13.2 Å². The van der Waals surface area contributed by atoms with Gasteiger partial charge in [0, 0.05) is 11.1 Å². The second-order valence-electron chi connectivity index (χ2n) is 11.9. The Morgan fingerprint density at radius 1 is 0.659 bits per heavy atom. The van der Waals surface area contributed by atoms with E-state index < -0.39 is 11.9 Å². The number of aliphatic imine (C=N–C) groups is 2. The Balaban J connectivity index is 1.84. The summed E-state index contributed by atoms with van der Waals surface area (Å²) in [6.45, 7) is 9.15. The van der Waals surface area contributed by atoms with Crippen LogP contribution in [0, 0.1) is 11.8 Å². The second-order valence-corrected chi connectivity index (χ2v) is 11.9. The van der Waals surface area contributed by atoms with Crippen LogP contribution in [0.25, 0.3) is 32.7 Å². The number of hydrogen-bond donors (Lipinski definition) is 0. The third kappa shape index (κ3) is 4.98. The molecule has 0 radical (unpaired) electrons. The van der Waals surface area contributed by atoms with Crippen LogP contribution in [-0.2, 0) is 18.9 Å². The van der Waals surface area contributed by atoms with Crippen LogP contribution in [0.4, 0.5) is 0 Å². The van der Waals surface area contributed by atoms with Crippen molar-refractivity contribution in [1.29, 1.82) is 0 Å². The molecule has 0 fully saturated rings. The molecule has 6 rings (SSSR count). The molecule has 2 aliphatic heterocycles. The van der Waals surface area contributed by atoms with Gasteiger partial charge in [-0.05, 0) is 45.5 Å². The number of nitrogens with zero attached hydrogens (tertiary/aromatic N) is 2. The van der Waals surface area contributed by atoms with Crippen LogP contribution in [-0.4, -0.2) is 63.3 Å². The minimum Gasteiger partial charge on any atom is -0.475 e. The van der Waals surface area contributed by atoms with E-state index >= 15 is 0 Å². The summed E-state index contributed by atoms with van der Waals surface area (Å²) in [4.78, 5) is 37.0. The van der Waals surface area contributed by atoms with E-state index in [1.807, 2.05) is 60.7 Å². The minimum absolute atomic E-state index is 0.0817. The number of methoxy groups -OCH3 is 2. The van der Waals surface area contributed by atoms with Crippen LogP contribution >= 0.6 is 0 Å². The Bertz CT molecular complexity index is 1720. The normalized spacial score (nSPS) is 17.9. The molecule has 4 aromatic carbocycles. The van der Waals surface area contributed by atoms with Gasteiger partial charge in [-0.1, -0.05) is 76.2 Å². The van der Waals surface area contributed by atoms with Gasteiger partial charge in [-0.15, -0.1) is 0 Å². The highest BCUT2D eigenvalue weighted by Crippen LogP contribution is 2.44. The molecule has 0 bridgehead atoms. The molecule has 2 aliphatic rings. The maximum atomic E-state index is 13.5. The Labute approximate surface area is 256 Å². The van der Waals surface area contributed by atoms with Gasteiger partial charge in [-0.25, -0.2) is 19.6 Å². The smallest absolute Gasteiger partial charge is 0.338 e. The van der Waals surface area contributed by atoms with Gasteiger partial charge in [-0.3, -0.25) is 0 Å². The Hall–Kier alpha value is -4.72. The van der Waals surface area contributed by atoms with E-state index in [1.54, 1.807) is 0 Å². The van der Waals surface area contributed by atoms with Crippen molar-refractivity contribution in [2.24, 2.45) is 21.8 Å². The lowest BCUT2D eigenvalue weighted by Crippen LogP contribution is -2.17. The molecule has 0 aromatic heterocycles. The molecule has 44 heavy (non-hydrogen) atoms. The number of carbonyl (C=O) groups is 2. The summed E-state index contributed by atoms with van der Waals surface area (Å²) in [5, 5.41) is 3.33. The minimum atomic E-state index is -0.518. The highest BCUT2D eigenvalue weighted by Gasteiger charge is 2.35. The summed E-state index contributed by atoms with van der Waals surface area (Å²) >= 11 is 0. The van der Waals surface area contributed by atoms with Gasteiger partial charge < -0.3 is 18.9 Å². The molecule has 0 unspecified atom stereocenters. The summed E-state index contributed by atoms with van der Waals surface area (Å²) in [5.74, 6) is 0.138. The molecular weight excluding hydrogens is 556 g/mol. The molecule has 0 saturated heterocycles. The van der Waals surface area contributed by atoms with E-state index in [2.05, 4.69) is 27.7 Å². The number of hydrogen-bond acceptors (Lipinski definition) is 8. The van der Waals surface area contributed by atoms with Crippen LogP contribution in [0.3, 0.4) is 0 Å². The van der Waals surface area contributed by atoms with Crippen LogP contribution < -0.4 is 0 Å².